The number of pyridine rings is 1. The van der Waals surface area contributed by atoms with Crippen LogP contribution in [0.2, 0.25) is 0 Å². The first-order valence-corrected chi connectivity index (χ1v) is 9.66. The van der Waals surface area contributed by atoms with Crippen molar-refractivity contribution < 1.29 is 14.3 Å². The normalized spacial score (nSPS) is 10.4. The van der Waals surface area contributed by atoms with E-state index in [2.05, 4.69) is 24.0 Å². The number of rotatable bonds is 8. The number of methoxy groups -OCH3 is 1. The van der Waals surface area contributed by atoms with Gasteiger partial charge in [0.25, 0.3) is 5.91 Å². The van der Waals surface area contributed by atoms with E-state index >= 15 is 0 Å². The van der Waals surface area contributed by atoms with E-state index in [4.69, 9.17) is 9.47 Å². The highest BCUT2D eigenvalue weighted by Crippen LogP contribution is 2.29. The van der Waals surface area contributed by atoms with Gasteiger partial charge in [-0.05, 0) is 54.8 Å². The highest BCUT2D eigenvalue weighted by Gasteiger charge is 2.19. The maximum Gasteiger partial charge on any atom is 0.254 e. The molecule has 0 saturated heterocycles. The van der Waals surface area contributed by atoms with Crippen LogP contribution in [0.5, 0.6) is 11.5 Å². The Kier molecular flexibility index (Phi) is 6.85. The molecule has 0 atom stereocenters. The highest BCUT2D eigenvalue weighted by molar-refractivity contribution is 5.95. The quantitative estimate of drug-likeness (QED) is 0.562. The average Bonchev–Trinajstić information content (AvgIpc) is 2.75. The number of benzene rings is 2. The Morgan fingerprint density at radius 1 is 1.03 bits per heavy atom. The molecule has 0 aliphatic carbocycles. The first-order chi connectivity index (χ1) is 14.1. The van der Waals surface area contributed by atoms with Gasteiger partial charge in [0, 0.05) is 31.0 Å². The molecule has 1 heterocycles. The lowest BCUT2D eigenvalue weighted by atomic mass is 10.1. The third-order valence-corrected chi connectivity index (χ3v) is 4.72. The predicted molar refractivity (Wildman–Crippen MR) is 113 cm³/mol. The molecule has 5 nitrogen and oxygen atoms in total. The lowest BCUT2D eigenvalue weighted by Gasteiger charge is -2.24. The minimum atomic E-state index is -0.0709. The smallest absolute Gasteiger partial charge is 0.254 e. The maximum absolute atomic E-state index is 13.4. The van der Waals surface area contributed by atoms with Crippen LogP contribution in [0.25, 0.3) is 0 Å². The van der Waals surface area contributed by atoms with Crippen LogP contribution in [0.1, 0.15) is 34.0 Å². The molecule has 0 saturated carbocycles. The summed E-state index contributed by atoms with van der Waals surface area (Å²) in [5.74, 6) is 1.11. The number of amides is 1. The zero-order valence-corrected chi connectivity index (χ0v) is 17.1. The largest absolute Gasteiger partial charge is 0.493 e. The fourth-order valence-corrected chi connectivity index (χ4v) is 3.16. The predicted octanol–water partition coefficient (Wildman–Crippen LogP) is 4.64. The van der Waals surface area contributed by atoms with E-state index in [1.807, 2.05) is 36.1 Å². The monoisotopic (exact) mass is 390 g/mol. The molecule has 0 radical (unpaired) electrons. The van der Waals surface area contributed by atoms with E-state index in [1.54, 1.807) is 37.7 Å². The molecule has 3 aromatic rings. The third-order valence-electron chi connectivity index (χ3n) is 4.72. The van der Waals surface area contributed by atoms with Gasteiger partial charge in [0.1, 0.15) is 0 Å². The number of aryl methyl sites for hydroxylation is 1. The molecule has 0 aliphatic rings. The molecule has 5 heteroatoms. The number of nitrogens with zero attached hydrogens (tertiary/aromatic N) is 2. The van der Waals surface area contributed by atoms with Crippen LogP contribution in [0.4, 0.5) is 0 Å². The van der Waals surface area contributed by atoms with Crippen molar-refractivity contribution in [1.29, 1.82) is 0 Å². The molecule has 0 bridgehead atoms. The third kappa shape index (κ3) is 5.13. The minimum Gasteiger partial charge on any atom is -0.493 e. The summed E-state index contributed by atoms with van der Waals surface area (Å²) in [7, 11) is 1.58. The maximum atomic E-state index is 13.4. The number of carbonyl (C=O) groups excluding carboxylic acids is 1. The van der Waals surface area contributed by atoms with Crippen LogP contribution in [-0.4, -0.2) is 29.5 Å². The van der Waals surface area contributed by atoms with Gasteiger partial charge in [0.05, 0.1) is 13.7 Å². The molecule has 0 spiro atoms. The number of hydrogen-bond donors (Lipinski definition) is 0. The molecule has 0 unspecified atom stereocenters. The topological polar surface area (TPSA) is 51.7 Å². The summed E-state index contributed by atoms with van der Waals surface area (Å²) < 4.78 is 11.0. The number of hydrogen-bond acceptors (Lipinski definition) is 4. The molecule has 0 fully saturated rings. The zero-order valence-electron chi connectivity index (χ0n) is 17.1. The van der Waals surface area contributed by atoms with Crippen LogP contribution in [-0.2, 0) is 13.1 Å². The van der Waals surface area contributed by atoms with Gasteiger partial charge < -0.3 is 14.4 Å². The summed E-state index contributed by atoms with van der Waals surface area (Å²) in [6.45, 7) is 5.48. The van der Waals surface area contributed by atoms with Gasteiger partial charge in [-0.3, -0.25) is 9.78 Å². The van der Waals surface area contributed by atoms with Crippen molar-refractivity contribution in [1.82, 2.24) is 9.88 Å². The Bertz CT molecular complexity index is 957. The number of carbonyl (C=O) groups is 1. The standard InChI is InChI=1S/C24H26N2O3/c1-4-29-22-12-11-20(14-23(22)28-3)24(27)26(16-19-9-7-13-25-15-19)17-21-10-6-5-8-18(21)2/h5-15H,4,16-17H2,1-3H3. The van der Waals surface area contributed by atoms with E-state index in [0.29, 0.717) is 36.8 Å². The van der Waals surface area contributed by atoms with Crippen LogP contribution < -0.4 is 9.47 Å². The van der Waals surface area contributed by atoms with Crippen molar-refractivity contribution >= 4 is 5.91 Å². The second kappa shape index (κ2) is 9.73. The Morgan fingerprint density at radius 3 is 2.55 bits per heavy atom. The van der Waals surface area contributed by atoms with Gasteiger partial charge in [-0.15, -0.1) is 0 Å². The fourth-order valence-electron chi connectivity index (χ4n) is 3.16. The molecule has 0 N–H and O–H groups in total. The second-order valence-electron chi connectivity index (χ2n) is 6.75. The Hall–Kier alpha value is -3.34. The van der Waals surface area contributed by atoms with E-state index in [1.165, 1.54) is 0 Å². The van der Waals surface area contributed by atoms with Gasteiger partial charge in [0.2, 0.25) is 0 Å². The lowest BCUT2D eigenvalue weighted by molar-refractivity contribution is 0.0729. The van der Waals surface area contributed by atoms with Crippen molar-refractivity contribution in [3.8, 4) is 11.5 Å². The van der Waals surface area contributed by atoms with Crippen molar-refractivity contribution in [2.24, 2.45) is 0 Å². The van der Waals surface area contributed by atoms with Crippen LogP contribution in [0, 0.1) is 6.92 Å². The molecule has 1 amide bonds. The van der Waals surface area contributed by atoms with Crippen molar-refractivity contribution in [3.63, 3.8) is 0 Å². The fraction of sp³-hybridized carbons (Fsp3) is 0.250. The molecular weight excluding hydrogens is 364 g/mol. The molecule has 150 valence electrons. The van der Waals surface area contributed by atoms with Gasteiger partial charge >= 0.3 is 0 Å². The van der Waals surface area contributed by atoms with Crippen molar-refractivity contribution in [2.45, 2.75) is 26.9 Å². The molecule has 3 rings (SSSR count). The Morgan fingerprint density at radius 2 is 1.86 bits per heavy atom. The molecule has 2 aromatic carbocycles. The summed E-state index contributed by atoms with van der Waals surface area (Å²) in [6.07, 6.45) is 3.52. The van der Waals surface area contributed by atoms with Crippen molar-refractivity contribution in [2.75, 3.05) is 13.7 Å². The van der Waals surface area contributed by atoms with Gasteiger partial charge in [-0.2, -0.15) is 0 Å². The van der Waals surface area contributed by atoms with Gasteiger partial charge in [0.15, 0.2) is 11.5 Å². The lowest BCUT2D eigenvalue weighted by Crippen LogP contribution is -2.30. The van der Waals surface area contributed by atoms with E-state index in [0.717, 1.165) is 16.7 Å². The molecule has 0 aliphatic heterocycles. The van der Waals surface area contributed by atoms with E-state index in [-0.39, 0.29) is 5.91 Å². The summed E-state index contributed by atoms with van der Waals surface area (Å²) in [5, 5.41) is 0. The second-order valence-corrected chi connectivity index (χ2v) is 6.75. The summed E-state index contributed by atoms with van der Waals surface area (Å²) in [4.78, 5) is 19.4. The number of aromatic nitrogens is 1. The first-order valence-electron chi connectivity index (χ1n) is 9.66. The molecule has 1 aromatic heterocycles. The Balaban J connectivity index is 1.92. The zero-order chi connectivity index (χ0) is 20.6. The van der Waals surface area contributed by atoms with Crippen molar-refractivity contribution in [3.05, 3.63) is 89.2 Å². The summed E-state index contributed by atoms with van der Waals surface area (Å²) >= 11 is 0. The van der Waals surface area contributed by atoms with Crippen LogP contribution in [0.15, 0.2) is 67.0 Å². The van der Waals surface area contributed by atoms with Crippen LogP contribution in [0.3, 0.4) is 0 Å². The van der Waals surface area contributed by atoms with E-state index < -0.39 is 0 Å². The summed E-state index contributed by atoms with van der Waals surface area (Å²) in [6, 6.07) is 17.3. The number of ether oxygens (including phenoxy) is 2. The first kappa shape index (κ1) is 20.4. The molecular formula is C24H26N2O3. The average molecular weight is 390 g/mol. The summed E-state index contributed by atoms with van der Waals surface area (Å²) in [5.41, 5.74) is 3.80. The highest BCUT2D eigenvalue weighted by atomic mass is 16.5. The molecule has 29 heavy (non-hydrogen) atoms. The van der Waals surface area contributed by atoms with Gasteiger partial charge in [-0.1, -0.05) is 30.3 Å². The van der Waals surface area contributed by atoms with Gasteiger partial charge in [-0.25, -0.2) is 0 Å². The Labute approximate surface area is 171 Å². The van der Waals surface area contributed by atoms with Crippen LogP contribution >= 0.6 is 0 Å². The SMILES string of the molecule is CCOc1ccc(C(=O)N(Cc2cccnc2)Cc2ccccc2C)cc1OC. The van der Waals surface area contributed by atoms with E-state index in [9.17, 15) is 4.79 Å². The minimum absolute atomic E-state index is 0.0709.